The van der Waals surface area contributed by atoms with E-state index < -0.39 is 24.6 Å². The summed E-state index contributed by atoms with van der Waals surface area (Å²) in [5.74, 6) is 0. The topological polar surface area (TPSA) is 106 Å². The zero-order valence-corrected chi connectivity index (χ0v) is 17.9. The van der Waals surface area contributed by atoms with Crippen LogP contribution in [0.25, 0.3) is 0 Å². The molecule has 0 aliphatic heterocycles. The molecule has 2 amide bonds. The quantitative estimate of drug-likeness (QED) is 0.332. The van der Waals surface area contributed by atoms with Gasteiger partial charge < -0.3 is 25.8 Å². The van der Waals surface area contributed by atoms with E-state index in [4.69, 9.17) is 15.2 Å². The summed E-state index contributed by atoms with van der Waals surface area (Å²) in [6.07, 6.45) is 1.68. The summed E-state index contributed by atoms with van der Waals surface area (Å²) in [6, 6.07) is 0. The van der Waals surface area contributed by atoms with Gasteiger partial charge in [0.25, 0.3) is 0 Å². The van der Waals surface area contributed by atoms with Crippen molar-refractivity contribution in [3.05, 3.63) is 0 Å². The Bertz CT molecular complexity index is 335. The van der Waals surface area contributed by atoms with Gasteiger partial charge in [0.2, 0.25) is 0 Å². The highest BCUT2D eigenvalue weighted by Crippen LogP contribution is 2.08. The predicted octanol–water partition coefficient (Wildman–Crippen LogP) is 2.84. The van der Waals surface area contributed by atoms with Gasteiger partial charge in [0.15, 0.2) is 12.5 Å². The summed E-state index contributed by atoms with van der Waals surface area (Å²) in [4.78, 5) is 25.2. The van der Waals surface area contributed by atoms with Crippen LogP contribution in [0.5, 0.6) is 0 Å². The van der Waals surface area contributed by atoms with Crippen molar-refractivity contribution in [2.75, 3.05) is 26.2 Å². The molecule has 26 heavy (non-hydrogen) atoms. The molecule has 8 nitrogen and oxygen atoms in total. The van der Waals surface area contributed by atoms with Crippen molar-refractivity contribution in [2.45, 2.75) is 65.8 Å². The number of nitrogens with two attached hydrogens (primary N) is 1. The minimum absolute atomic E-state index is 0. The summed E-state index contributed by atoms with van der Waals surface area (Å²) < 4.78 is 10.6. The number of nitrogens with zero attached hydrogens (tertiary/aromatic N) is 1. The molecule has 0 spiro atoms. The zero-order valence-electron chi connectivity index (χ0n) is 16.3. The van der Waals surface area contributed by atoms with Crippen molar-refractivity contribution in [2.24, 2.45) is 5.73 Å². The number of nitrogens with one attached hydrogen (secondary N) is 2. The molecule has 0 aliphatic carbocycles. The van der Waals surface area contributed by atoms with E-state index in [0.717, 1.165) is 25.7 Å². The summed E-state index contributed by atoms with van der Waals surface area (Å²) in [5.41, 5.74) is 5.61. The minimum Gasteiger partial charge on any atom is -0.430 e. The van der Waals surface area contributed by atoms with Crippen molar-refractivity contribution in [3.63, 3.8) is 0 Å². The molecule has 0 aliphatic rings. The molecule has 4 N–H and O–H groups in total. The third-order valence-electron chi connectivity index (χ3n) is 3.48. The van der Waals surface area contributed by atoms with Crippen LogP contribution in [0.15, 0.2) is 0 Å². The van der Waals surface area contributed by atoms with Gasteiger partial charge in [0.05, 0.1) is 0 Å². The summed E-state index contributed by atoms with van der Waals surface area (Å²) >= 11 is 0. The molecule has 0 aromatic carbocycles. The van der Waals surface area contributed by atoms with Gasteiger partial charge in [-0.25, -0.2) is 14.5 Å². The van der Waals surface area contributed by atoms with Crippen molar-refractivity contribution in [1.82, 2.24) is 15.5 Å². The number of unbranched alkanes of at least 4 members (excludes halogenated alkanes) is 2. The molecule has 0 fully saturated rings. The number of carbonyl (C=O) groups is 2. The van der Waals surface area contributed by atoms with E-state index in [1.165, 1.54) is 0 Å². The third-order valence-corrected chi connectivity index (χ3v) is 3.48. The maximum Gasteiger partial charge on any atom is 0.408 e. The first-order valence-electron chi connectivity index (χ1n) is 8.80. The number of carbonyl (C=O) groups excluding carboxylic acids is 2. The molecule has 0 saturated heterocycles. The maximum absolute atomic E-state index is 11.7. The van der Waals surface area contributed by atoms with E-state index in [-0.39, 0.29) is 24.8 Å². The monoisotopic (exact) mass is 418 g/mol. The molecular formula is C16H36Cl2N4O4. The van der Waals surface area contributed by atoms with E-state index in [0.29, 0.717) is 26.2 Å². The van der Waals surface area contributed by atoms with Gasteiger partial charge in [0, 0.05) is 26.2 Å². The van der Waals surface area contributed by atoms with Crippen LogP contribution in [0.4, 0.5) is 9.59 Å². The van der Waals surface area contributed by atoms with Gasteiger partial charge in [-0.3, -0.25) is 0 Å². The number of hydrogen-bond donors (Lipinski definition) is 3. The maximum atomic E-state index is 11.7. The fraction of sp³-hybridized carbons (Fsp3) is 0.875. The average Bonchev–Trinajstić information content (AvgIpc) is 2.52. The number of halogens is 2. The lowest BCUT2D eigenvalue weighted by Gasteiger charge is -2.32. The van der Waals surface area contributed by atoms with Gasteiger partial charge in [-0.05, 0) is 26.7 Å². The molecule has 158 valence electrons. The smallest absolute Gasteiger partial charge is 0.408 e. The Morgan fingerprint density at radius 2 is 1.31 bits per heavy atom. The second-order valence-corrected chi connectivity index (χ2v) is 5.60. The summed E-state index contributed by atoms with van der Waals surface area (Å²) in [5, 5.41) is 5.37. The molecule has 0 rings (SSSR count). The van der Waals surface area contributed by atoms with Crippen LogP contribution in [0, 0.1) is 0 Å². The number of amides is 2. The fourth-order valence-electron chi connectivity index (χ4n) is 2.07. The molecule has 0 saturated carbocycles. The molecule has 0 aromatic heterocycles. The predicted molar refractivity (Wildman–Crippen MR) is 108 cm³/mol. The molecule has 2 unspecified atom stereocenters. The molecule has 10 heteroatoms. The number of rotatable bonds is 12. The van der Waals surface area contributed by atoms with Crippen LogP contribution in [0.1, 0.15) is 53.4 Å². The summed E-state index contributed by atoms with van der Waals surface area (Å²) in [7, 11) is 0. The lowest BCUT2D eigenvalue weighted by molar-refractivity contribution is -0.0898. The Kier molecular flexibility index (Phi) is 21.6. The van der Waals surface area contributed by atoms with Gasteiger partial charge in [-0.1, -0.05) is 26.7 Å². The highest BCUT2D eigenvalue weighted by Gasteiger charge is 2.25. The van der Waals surface area contributed by atoms with Crippen LogP contribution in [-0.4, -0.2) is 55.7 Å². The van der Waals surface area contributed by atoms with Crippen LogP contribution in [-0.2, 0) is 9.47 Å². The minimum atomic E-state index is -0.561. The first-order valence-corrected chi connectivity index (χ1v) is 8.80. The standard InChI is InChI=1S/C16H34N4O4.2ClH/c1-5-7-10-18-15(21)23-13(3)20(12-9-17)14(4)24-16(22)19-11-8-6-2;;/h13-14H,5-12,17H2,1-4H3,(H,18,21)(H,19,22);2*1H. The highest BCUT2D eigenvalue weighted by atomic mass is 35.5. The van der Waals surface area contributed by atoms with Crippen molar-refractivity contribution >= 4 is 37.0 Å². The Balaban J connectivity index is -0.00000264. The average molecular weight is 419 g/mol. The van der Waals surface area contributed by atoms with Crippen molar-refractivity contribution in [1.29, 1.82) is 0 Å². The second kappa shape index (κ2) is 18.8. The fourth-order valence-corrected chi connectivity index (χ4v) is 2.07. The van der Waals surface area contributed by atoms with Crippen LogP contribution in [0.3, 0.4) is 0 Å². The van der Waals surface area contributed by atoms with E-state index >= 15 is 0 Å². The lowest BCUT2D eigenvalue weighted by Crippen LogP contribution is -2.49. The van der Waals surface area contributed by atoms with E-state index in [1.54, 1.807) is 18.7 Å². The summed E-state index contributed by atoms with van der Waals surface area (Å²) in [6.45, 7) is 9.49. The molecule has 2 atom stereocenters. The first kappa shape index (κ1) is 29.8. The Labute approximate surface area is 169 Å². The SMILES string of the molecule is CCCCNC(=O)OC(C)N(CCN)C(C)OC(=O)NCCCC.Cl.Cl. The van der Waals surface area contributed by atoms with Gasteiger partial charge in [-0.15, -0.1) is 24.8 Å². The largest absolute Gasteiger partial charge is 0.430 e. The van der Waals surface area contributed by atoms with E-state index in [9.17, 15) is 9.59 Å². The number of alkyl carbamates (subject to hydrolysis) is 2. The molecule has 0 aromatic rings. The Morgan fingerprint density at radius 3 is 1.62 bits per heavy atom. The second-order valence-electron chi connectivity index (χ2n) is 5.60. The Hall–Kier alpha value is -0.960. The van der Waals surface area contributed by atoms with Crippen molar-refractivity contribution in [3.8, 4) is 0 Å². The normalized spacial score (nSPS) is 12.2. The Morgan fingerprint density at radius 1 is 0.923 bits per heavy atom. The van der Waals surface area contributed by atoms with Gasteiger partial charge in [-0.2, -0.15) is 0 Å². The van der Waals surface area contributed by atoms with Gasteiger partial charge >= 0.3 is 12.2 Å². The van der Waals surface area contributed by atoms with Crippen LogP contribution >= 0.6 is 24.8 Å². The third kappa shape index (κ3) is 14.2. The van der Waals surface area contributed by atoms with Crippen LogP contribution < -0.4 is 16.4 Å². The lowest BCUT2D eigenvalue weighted by atomic mass is 10.3. The first-order chi connectivity index (χ1) is 11.5. The zero-order chi connectivity index (χ0) is 18.4. The molecule has 0 heterocycles. The number of ether oxygens (including phenoxy) is 2. The molecular weight excluding hydrogens is 383 g/mol. The molecule has 0 radical (unpaired) electrons. The van der Waals surface area contributed by atoms with E-state index in [2.05, 4.69) is 10.6 Å². The van der Waals surface area contributed by atoms with Gasteiger partial charge in [0.1, 0.15) is 0 Å². The highest BCUT2D eigenvalue weighted by molar-refractivity contribution is 5.85. The van der Waals surface area contributed by atoms with E-state index in [1.807, 2.05) is 13.8 Å². The number of hydrogen-bond acceptors (Lipinski definition) is 6. The van der Waals surface area contributed by atoms with Crippen LogP contribution in [0.2, 0.25) is 0 Å². The van der Waals surface area contributed by atoms with Crippen molar-refractivity contribution < 1.29 is 19.1 Å². The molecule has 0 bridgehead atoms.